The van der Waals surface area contributed by atoms with Gasteiger partial charge in [0, 0.05) is 38.5 Å². The Hall–Kier alpha value is -2.61. The molecule has 8 nitrogen and oxygen atoms in total. The lowest BCUT2D eigenvalue weighted by Crippen LogP contribution is -2.41. The fourth-order valence-electron chi connectivity index (χ4n) is 4.45. The highest BCUT2D eigenvalue weighted by Crippen LogP contribution is 2.24. The number of hydrogen-bond acceptors (Lipinski definition) is 5. The maximum atomic E-state index is 9.33. The van der Waals surface area contributed by atoms with Crippen molar-refractivity contribution in [2.45, 2.75) is 58.7 Å². The standard InChI is InChI=1S/C23H35N7O/c1-3-24-23(27-21-5-4-12-30-22(21)26-17(2)28-30)25-15-18-6-8-20(9-7-18)29-13-10-19(16-31)11-14-29/h6-9,19,21,31H,3-5,10-16H2,1-2H3,(H2,24,25,27). The molecule has 1 unspecified atom stereocenters. The summed E-state index contributed by atoms with van der Waals surface area (Å²) in [4.78, 5) is 11.8. The first-order chi connectivity index (χ1) is 15.2. The molecule has 8 heteroatoms. The Morgan fingerprint density at radius 3 is 2.65 bits per heavy atom. The van der Waals surface area contributed by atoms with Crippen molar-refractivity contribution in [3.63, 3.8) is 0 Å². The highest BCUT2D eigenvalue weighted by atomic mass is 16.3. The summed E-state index contributed by atoms with van der Waals surface area (Å²) in [6.45, 7) is 8.75. The number of rotatable bonds is 6. The zero-order valence-corrected chi connectivity index (χ0v) is 18.7. The van der Waals surface area contributed by atoms with Crippen molar-refractivity contribution >= 4 is 11.6 Å². The van der Waals surface area contributed by atoms with Crippen LogP contribution < -0.4 is 15.5 Å². The van der Waals surface area contributed by atoms with Crippen molar-refractivity contribution in [1.82, 2.24) is 25.4 Å². The number of aliphatic hydroxyl groups is 1. The van der Waals surface area contributed by atoms with Gasteiger partial charge in [-0.2, -0.15) is 5.10 Å². The number of aliphatic hydroxyl groups excluding tert-OH is 1. The fourth-order valence-corrected chi connectivity index (χ4v) is 4.45. The first kappa shape index (κ1) is 21.6. The fraction of sp³-hybridized carbons (Fsp3) is 0.609. The second-order valence-corrected chi connectivity index (χ2v) is 8.55. The second kappa shape index (κ2) is 10.1. The molecule has 1 fully saturated rings. The lowest BCUT2D eigenvalue weighted by molar-refractivity contribution is 0.203. The van der Waals surface area contributed by atoms with Crippen LogP contribution >= 0.6 is 0 Å². The molecule has 1 atom stereocenters. The summed E-state index contributed by atoms with van der Waals surface area (Å²) in [5.41, 5.74) is 2.44. The molecule has 2 aromatic rings. The molecule has 2 aliphatic rings. The Bertz CT molecular complexity index is 869. The third-order valence-corrected chi connectivity index (χ3v) is 6.23. The van der Waals surface area contributed by atoms with Gasteiger partial charge in [0.15, 0.2) is 5.96 Å². The van der Waals surface area contributed by atoms with Crippen molar-refractivity contribution in [1.29, 1.82) is 0 Å². The molecule has 1 aromatic heterocycles. The number of guanidine groups is 1. The van der Waals surface area contributed by atoms with Gasteiger partial charge >= 0.3 is 0 Å². The molecule has 3 N–H and O–H groups in total. The van der Waals surface area contributed by atoms with Crippen LogP contribution in [-0.4, -0.2) is 52.1 Å². The number of hydrogen-bond donors (Lipinski definition) is 3. The van der Waals surface area contributed by atoms with Gasteiger partial charge in [0.1, 0.15) is 11.6 Å². The van der Waals surface area contributed by atoms with Gasteiger partial charge in [-0.05, 0) is 63.1 Å². The average Bonchev–Trinajstić information content (AvgIpc) is 3.19. The number of aliphatic imine (C=N–C) groups is 1. The summed E-state index contributed by atoms with van der Waals surface area (Å²) in [7, 11) is 0. The van der Waals surface area contributed by atoms with Crippen LogP contribution in [0.3, 0.4) is 0 Å². The number of aryl methyl sites for hydroxylation is 2. The number of anilines is 1. The van der Waals surface area contributed by atoms with Gasteiger partial charge in [-0.3, -0.25) is 0 Å². The SMILES string of the molecule is CCNC(=NCc1ccc(N2CCC(CO)CC2)cc1)NC1CCCn2nc(C)nc21. The van der Waals surface area contributed by atoms with Crippen molar-refractivity contribution in [3.8, 4) is 0 Å². The van der Waals surface area contributed by atoms with Crippen LogP contribution in [0.15, 0.2) is 29.3 Å². The van der Waals surface area contributed by atoms with E-state index in [9.17, 15) is 5.11 Å². The number of piperidine rings is 1. The van der Waals surface area contributed by atoms with E-state index in [-0.39, 0.29) is 6.04 Å². The van der Waals surface area contributed by atoms with Gasteiger partial charge in [-0.15, -0.1) is 0 Å². The molecule has 168 valence electrons. The number of fused-ring (bicyclic) bond motifs is 1. The third-order valence-electron chi connectivity index (χ3n) is 6.23. The minimum Gasteiger partial charge on any atom is -0.396 e. The zero-order chi connectivity index (χ0) is 21.6. The van der Waals surface area contributed by atoms with Gasteiger partial charge in [-0.25, -0.2) is 14.7 Å². The van der Waals surface area contributed by atoms with Gasteiger partial charge in [0.2, 0.25) is 0 Å². The number of aromatic nitrogens is 3. The number of nitrogens with one attached hydrogen (secondary N) is 2. The second-order valence-electron chi connectivity index (χ2n) is 8.55. The summed E-state index contributed by atoms with van der Waals surface area (Å²) < 4.78 is 2.02. The molecule has 0 aliphatic carbocycles. The molecule has 1 saturated heterocycles. The van der Waals surface area contributed by atoms with Crippen LogP contribution in [0.1, 0.15) is 55.9 Å². The summed E-state index contributed by atoms with van der Waals surface area (Å²) in [6, 6.07) is 8.85. The van der Waals surface area contributed by atoms with E-state index >= 15 is 0 Å². The van der Waals surface area contributed by atoms with Crippen LogP contribution in [0, 0.1) is 12.8 Å². The topological polar surface area (TPSA) is 90.6 Å². The smallest absolute Gasteiger partial charge is 0.192 e. The minimum atomic E-state index is 0.136. The van der Waals surface area contributed by atoms with E-state index in [0.717, 1.165) is 69.5 Å². The molecule has 0 bridgehead atoms. The molecule has 0 spiro atoms. The Labute approximate surface area is 184 Å². The van der Waals surface area contributed by atoms with Gasteiger partial charge < -0.3 is 20.6 Å². The number of benzene rings is 1. The van der Waals surface area contributed by atoms with Crippen LogP contribution in [-0.2, 0) is 13.1 Å². The van der Waals surface area contributed by atoms with Crippen LogP contribution in [0.4, 0.5) is 5.69 Å². The Kier molecular flexibility index (Phi) is 7.06. The van der Waals surface area contributed by atoms with Crippen molar-refractivity contribution in [3.05, 3.63) is 41.5 Å². The van der Waals surface area contributed by atoms with E-state index < -0.39 is 0 Å². The summed E-state index contributed by atoms with van der Waals surface area (Å²) in [6.07, 6.45) is 4.25. The third kappa shape index (κ3) is 5.36. The van der Waals surface area contributed by atoms with E-state index in [1.54, 1.807) is 0 Å². The van der Waals surface area contributed by atoms with Gasteiger partial charge in [-0.1, -0.05) is 12.1 Å². The molecule has 3 heterocycles. The van der Waals surface area contributed by atoms with E-state index in [1.165, 1.54) is 11.3 Å². The van der Waals surface area contributed by atoms with Gasteiger partial charge in [0.05, 0.1) is 12.6 Å². The van der Waals surface area contributed by atoms with E-state index in [0.29, 0.717) is 19.1 Å². The number of nitrogens with zero attached hydrogens (tertiary/aromatic N) is 5. The maximum Gasteiger partial charge on any atom is 0.192 e. The minimum absolute atomic E-state index is 0.136. The molecule has 4 rings (SSSR count). The first-order valence-electron chi connectivity index (χ1n) is 11.6. The van der Waals surface area contributed by atoms with E-state index in [2.05, 4.69) is 56.8 Å². The largest absolute Gasteiger partial charge is 0.396 e. The molecule has 31 heavy (non-hydrogen) atoms. The maximum absolute atomic E-state index is 9.33. The van der Waals surface area contributed by atoms with Crippen LogP contribution in [0.25, 0.3) is 0 Å². The lowest BCUT2D eigenvalue weighted by Gasteiger charge is -2.32. The Balaban J connectivity index is 1.38. The van der Waals surface area contributed by atoms with E-state index in [1.807, 2.05) is 11.6 Å². The van der Waals surface area contributed by atoms with Crippen molar-refractivity contribution < 1.29 is 5.11 Å². The zero-order valence-electron chi connectivity index (χ0n) is 18.7. The van der Waals surface area contributed by atoms with Gasteiger partial charge in [0.25, 0.3) is 0 Å². The lowest BCUT2D eigenvalue weighted by atomic mass is 9.97. The molecule has 2 aliphatic heterocycles. The molecular weight excluding hydrogens is 390 g/mol. The molecular formula is C23H35N7O. The Morgan fingerprint density at radius 2 is 1.94 bits per heavy atom. The normalized spacial score (nSPS) is 19.9. The summed E-state index contributed by atoms with van der Waals surface area (Å²) in [5, 5.41) is 20.7. The summed E-state index contributed by atoms with van der Waals surface area (Å²) >= 11 is 0. The van der Waals surface area contributed by atoms with Crippen LogP contribution in [0.2, 0.25) is 0 Å². The highest BCUT2D eigenvalue weighted by molar-refractivity contribution is 5.80. The summed E-state index contributed by atoms with van der Waals surface area (Å²) in [5.74, 6) is 3.11. The molecule has 1 aromatic carbocycles. The quantitative estimate of drug-likeness (QED) is 0.486. The molecule has 0 amide bonds. The van der Waals surface area contributed by atoms with Crippen molar-refractivity contribution in [2.24, 2.45) is 10.9 Å². The predicted molar refractivity (Wildman–Crippen MR) is 123 cm³/mol. The molecule has 0 saturated carbocycles. The molecule has 0 radical (unpaired) electrons. The Morgan fingerprint density at radius 1 is 1.16 bits per heavy atom. The van der Waals surface area contributed by atoms with Crippen molar-refractivity contribution in [2.75, 3.05) is 31.1 Å². The highest BCUT2D eigenvalue weighted by Gasteiger charge is 2.24. The monoisotopic (exact) mass is 425 g/mol. The average molecular weight is 426 g/mol. The van der Waals surface area contributed by atoms with E-state index in [4.69, 9.17) is 4.99 Å². The predicted octanol–water partition coefficient (Wildman–Crippen LogP) is 2.39. The first-order valence-corrected chi connectivity index (χ1v) is 11.6. The van der Waals surface area contributed by atoms with Crippen LogP contribution in [0.5, 0.6) is 0 Å².